The smallest absolute Gasteiger partial charge is 0.264 e. The van der Waals surface area contributed by atoms with E-state index in [0.29, 0.717) is 28.5 Å². The van der Waals surface area contributed by atoms with Crippen molar-refractivity contribution in [1.29, 1.82) is 0 Å². The van der Waals surface area contributed by atoms with Crippen molar-refractivity contribution in [3.63, 3.8) is 0 Å². The second kappa shape index (κ2) is 8.85. The molecule has 10 nitrogen and oxygen atoms in total. The third-order valence-corrected chi connectivity index (χ3v) is 7.46. The van der Waals surface area contributed by atoms with Crippen LogP contribution in [0.2, 0.25) is 5.02 Å². The Morgan fingerprint density at radius 3 is 2.38 bits per heavy atom. The van der Waals surface area contributed by atoms with E-state index in [1.807, 2.05) is 6.92 Å². The lowest BCUT2D eigenvalue weighted by atomic mass is 10.1. The number of rotatable bonds is 5. The van der Waals surface area contributed by atoms with E-state index < -0.39 is 10.0 Å². The van der Waals surface area contributed by atoms with Gasteiger partial charge in [-0.1, -0.05) is 18.5 Å². The summed E-state index contributed by atoms with van der Waals surface area (Å²) < 4.78 is 28.6. The summed E-state index contributed by atoms with van der Waals surface area (Å²) in [5.41, 5.74) is 0.752. The van der Waals surface area contributed by atoms with Gasteiger partial charge in [0.1, 0.15) is 0 Å². The van der Waals surface area contributed by atoms with Crippen LogP contribution >= 0.6 is 11.6 Å². The molecule has 2 aromatic heterocycles. The van der Waals surface area contributed by atoms with Crippen molar-refractivity contribution in [2.24, 2.45) is 0 Å². The highest BCUT2D eigenvalue weighted by molar-refractivity contribution is 7.89. The number of benzene rings is 1. The number of hydrogen-bond acceptors (Lipinski definition) is 6. The number of aromatic amines is 1. The van der Waals surface area contributed by atoms with Gasteiger partial charge in [0.25, 0.3) is 11.5 Å². The lowest BCUT2D eigenvalue weighted by molar-refractivity contribution is 0.0696. The van der Waals surface area contributed by atoms with Crippen molar-refractivity contribution in [2.75, 3.05) is 26.2 Å². The number of nitrogens with zero attached hydrogens (tertiary/aromatic N) is 5. The number of carbonyl (C=O) groups is 1. The van der Waals surface area contributed by atoms with E-state index in [0.717, 1.165) is 0 Å². The summed E-state index contributed by atoms with van der Waals surface area (Å²) in [6.07, 6.45) is 2.00. The van der Waals surface area contributed by atoms with Crippen LogP contribution in [-0.2, 0) is 16.4 Å². The monoisotopic (exact) mass is 476 g/mol. The van der Waals surface area contributed by atoms with E-state index in [4.69, 9.17) is 11.6 Å². The van der Waals surface area contributed by atoms with Crippen LogP contribution in [0.25, 0.3) is 5.82 Å². The number of nitrogens with one attached hydrogen (secondary N) is 1. The SMILES string of the molecule is CCc1c(C(=O)N2CCN(S(=O)(=O)c3ccc(Cl)cc3)CC2)cnn1-c1ccc(=O)[nH]n1. The first kappa shape index (κ1) is 22.2. The van der Waals surface area contributed by atoms with Gasteiger partial charge in [0.15, 0.2) is 5.82 Å². The third-order valence-electron chi connectivity index (χ3n) is 5.29. The molecule has 1 aliphatic rings. The van der Waals surface area contributed by atoms with Crippen LogP contribution in [0.1, 0.15) is 23.0 Å². The molecule has 0 unspecified atom stereocenters. The van der Waals surface area contributed by atoms with Crippen LogP contribution < -0.4 is 5.56 Å². The molecule has 1 saturated heterocycles. The number of hydrogen-bond donors (Lipinski definition) is 1. The molecule has 0 spiro atoms. The average molecular weight is 477 g/mol. The molecule has 3 heterocycles. The van der Waals surface area contributed by atoms with Crippen molar-refractivity contribution >= 4 is 27.5 Å². The second-order valence-corrected chi connectivity index (χ2v) is 9.57. The zero-order valence-electron chi connectivity index (χ0n) is 17.2. The number of H-pyrrole nitrogens is 1. The summed E-state index contributed by atoms with van der Waals surface area (Å²) in [7, 11) is -3.66. The zero-order chi connectivity index (χ0) is 22.9. The van der Waals surface area contributed by atoms with Gasteiger partial charge >= 0.3 is 0 Å². The first-order valence-electron chi connectivity index (χ1n) is 9.99. The topological polar surface area (TPSA) is 121 Å². The van der Waals surface area contributed by atoms with Crippen LogP contribution in [0.3, 0.4) is 0 Å². The number of piperazine rings is 1. The zero-order valence-corrected chi connectivity index (χ0v) is 18.8. The minimum atomic E-state index is -3.66. The van der Waals surface area contributed by atoms with E-state index in [-0.39, 0.29) is 42.5 Å². The van der Waals surface area contributed by atoms with Crippen molar-refractivity contribution in [3.8, 4) is 5.82 Å². The lowest BCUT2D eigenvalue weighted by Crippen LogP contribution is -2.50. The minimum absolute atomic E-state index is 0.171. The highest BCUT2D eigenvalue weighted by Gasteiger charge is 2.31. The van der Waals surface area contributed by atoms with E-state index in [9.17, 15) is 18.0 Å². The fourth-order valence-electron chi connectivity index (χ4n) is 3.60. The van der Waals surface area contributed by atoms with Gasteiger partial charge in [-0.2, -0.15) is 14.5 Å². The van der Waals surface area contributed by atoms with E-state index in [2.05, 4.69) is 15.3 Å². The number of sulfonamides is 1. The van der Waals surface area contributed by atoms with E-state index >= 15 is 0 Å². The molecule has 32 heavy (non-hydrogen) atoms. The maximum Gasteiger partial charge on any atom is 0.264 e. The lowest BCUT2D eigenvalue weighted by Gasteiger charge is -2.34. The van der Waals surface area contributed by atoms with Crippen LogP contribution in [0.5, 0.6) is 0 Å². The molecule has 1 aliphatic heterocycles. The first-order chi connectivity index (χ1) is 15.3. The fraction of sp³-hybridized carbons (Fsp3) is 0.300. The first-order valence-corrected chi connectivity index (χ1v) is 11.8. The molecule has 0 bridgehead atoms. The molecule has 0 saturated carbocycles. The summed E-state index contributed by atoms with van der Waals surface area (Å²) in [4.78, 5) is 26.2. The maximum absolute atomic E-state index is 13.2. The van der Waals surface area contributed by atoms with Gasteiger partial charge in [-0.3, -0.25) is 9.59 Å². The predicted molar refractivity (Wildman–Crippen MR) is 117 cm³/mol. The Hall–Kier alpha value is -3.02. The molecule has 1 fully saturated rings. The largest absolute Gasteiger partial charge is 0.336 e. The van der Waals surface area contributed by atoms with Crippen LogP contribution in [0.4, 0.5) is 0 Å². The Labute approximate surface area is 189 Å². The van der Waals surface area contributed by atoms with Gasteiger partial charge in [-0.25, -0.2) is 18.2 Å². The van der Waals surface area contributed by atoms with Crippen LogP contribution in [0, 0.1) is 0 Å². The third kappa shape index (κ3) is 4.18. The summed E-state index contributed by atoms with van der Waals surface area (Å²) in [5.74, 6) is 0.181. The van der Waals surface area contributed by atoms with Gasteiger partial charge in [0.05, 0.1) is 22.3 Å². The van der Waals surface area contributed by atoms with Gasteiger partial charge in [-0.15, -0.1) is 0 Å². The normalized spacial score (nSPS) is 15.1. The number of amides is 1. The van der Waals surface area contributed by atoms with Crippen molar-refractivity contribution in [2.45, 2.75) is 18.2 Å². The standard InChI is InChI=1S/C20H21ClN6O4S/c1-2-17-16(13-22-27(17)18-7-8-19(28)24-23-18)20(29)25-9-11-26(12-10-25)32(30,31)15-5-3-14(21)4-6-15/h3-8,13H,2,9-12H2,1H3,(H,24,28). The Balaban J connectivity index is 1.50. The van der Waals surface area contributed by atoms with E-state index in [1.54, 1.807) is 4.90 Å². The van der Waals surface area contributed by atoms with E-state index in [1.165, 1.54) is 51.6 Å². The molecule has 0 aliphatic carbocycles. The Morgan fingerprint density at radius 1 is 1.09 bits per heavy atom. The number of carbonyl (C=O) groups excluding carboxylic acids is 1. The molecule has 1 amide bonds. The number of halogens is 1. The van der Waals surface area contributed by atoms with Gasteiger partial charge in [0.2, 0.25) is 10.0 Å². The molecule has 1 N–H and O–H groups in total. The van der Waals surface area contributed by atoms with Crippen LogP contribution in [-0.4, -0.2) is 69.7 Å². The maximum atomic E-state index is 13.2. The molecule has 168 valence electrons. The molecular formula is C20H21ClN6O4S. The Kier molecular flexibility index (Phi) is 6.13. The quantitative estimate of drug-likeness (QED) is 0.592. The summed E-state index contributed by atoms with van der Waals surface area (Å²) >= 11 is 5.85. The molecule has 0 radical (unpaired) electrons. The highest BCUT2D eigenvalue weighted by Crippen LogP contribution is 2.21. The average Bonchev–Trinajstić information content (AvgIpc) is 3.23. The summed E-state index contributed by atoms with van der Waals surface area (Å²) in [5, 5.41) is 11.1. The summed E-state index contributed by atoms with van der Waals surface area (Å²) in [6.45, 7) is 2.79. The van der Waals surface area contributed by atoms with Gasteiger partial charge in [-0.05, 0) is 36.8 Å². The predicted octanol–water partition coefficient (Wildman–Crippen LogP) is 1.32. The molecular weight excluding hydrogens is 456 g/mol. The van der Waals surface area contributed by atoms with Crippen molar-refractivity contribution in [1.82, 2.24) is 29.2 Å². The van der Waals surface area contributed by atoms with Gasteiger partial charge < -0.3 is 4.90 Å². The van der Waals surface area contributed by atoms with Gasteiger partial charge in [0, 0.05) is 37.3 Å². The van der Waals surface area contributed by atoms with Crippen LogP contribution in [0.15, 0.2) is 52.3 Å². The molecule has 1 aromatic carbocycles. The van der Waals surface area contributed by atoms with Crippen molar-refractivity contribution < 1.29 is 13.2 Å². The fourth-order valence-corrected chi connectivity index (χ4v) is 5.15. The molecule has 3 aromatic rings. The number of aromatic nitrogens is 4. The Morgan fingerprint density at radius 2 is 1.78 bits per heavy atom. The van der Waals surface area contributed by atoms with Crippen molar-refractivity contribution in [3.05, 3.63) is 69.2 Å². The molecule has 12 heteroatoms. The highest BCUT2D eigenvalue weighted by atomic mass is 35.5. The molecule has 4 rings (SSSR count). The summed E-state index contributed by atoms with van der Waals surface area (Å²) in [6, 6.07) is 8.89. The second-order valence-electron chi connectivity index (χ2n) is 7.20. The Bertz CT molecular complexity index is 1270. The minimum Gasteiger partial charge on any atom is -0.336 e. The molecule has 0 atom stereocenters.